The van der Waals surface area contributed by atoms with E-state index in [0.29, 0.717) is 36.5 Å². The SMILES string of the molecule is CCc1ccc(N2C(=O)/C(=C/c3ccc(OCC(=O)Nc4cc(Cl)cc(Cl)c4)c(OC)c3)SC2=S)cc1. The Hall–Kier alpha value is -3.04. The van der Waals surface area contributed by atoms with E-state index in [9.17, 15) is 9.59 Å². The van der Waals surface area contributed by atoms with Gasteiger partial charge in [0, 0.05) is 15.7 Å². The maximum atomic E-state index is 13.1. The van der Waals surface area contributed by atoms with E-state index in [1.54, 1.807) is 42.5 Å². The third-order valence-electron chi connectivity index (χ3n) is 5.39. The highest BCUT2D eigenvalue weighted by atomic mass is 35.5. The van der Waals surface area contributed by atoms with Gasteiger partial charge in [-0.3, -0.25) is 14.5 Å². The summed E-state index contributed by atoms with van der Waals surface area (Å²) >= 11 is 18.7. The minimum atomic E-state index is -0.389. The second-order valence-corrected chi connectivity index (χ2v) is 10.5. The van der Waals surface area contributed by atoms with Crippen molar-refractivity contribution in [2.75, 3.05) is 23.9 Å². The molecule has 10 heteroatoms. The highest BCUT2D eigenvalue weighted by Crippen LogP contribution is 2.37. The maximum Gasteiger partial charge on any atom is 0.270 e. The molecule has 1 aliphatic heterocycles. The molecular formula is C27H22Cl2N2O4S2. The Balaban J connectivity index is 1.44. The summed E-state index contributed by atoms with van der Waals surface area (Å²) in [4.78, 5) is 27.5. The van der Waals surface area contributed by atoms with Crippen molar-refractivity contribution in [1.29, 1.82) is 0 Å². The first kappa shape index (κ1) is 27.0. The van der Waals surface area contributed by atoms with Crippen molar-refractivity contribution < 1.29 is 19.1 Å². The van der Waals surface area contributed by atoms with Crippen LogP contribution in [0.1, 0.15) is 18.1 Å². The number of hydrogen-bond donors (Lipinski definition) is 1. The number of halogens is 2. The van der Waals surface area contributed by atoms with Crippen LogP contribution in [0.15, 0.2) is 65.6 Å². The minimum Gasteiger partial charge on any atom is -0.493 e. The van der Waals surface area contributed by atoms with E-state index in [-0.39, 0.29) is 18.4 Å². The van der Waals surface area contributed by atoms with Crippen molar-refractivity contribution in [2.45, 2.75) is 13.3 Å². The summed E-state index contributed by atoms with van der Waals surface area (Å²) in [6, 6.07) is 17.7. The number of benzene rings is 3. The Kier molecular flexibility index (Phi) is 8.76. The quantitative estimate of drug-likeness (QED) is 0.232. The van der Waals surface area contributed by atoms with Crippen molar-refractivity contribution in [3.05, 3.63) is 86.7 Å². The van der Waals surface area contributed by atoms with Crippen LogP contribution in [0.2, 0.25) is 10.0 Å². The van der Waals surface area contributed by atoms with Gasteiger partial charge in [-0.05, 0) is 66.1 Å². The second kappa shape index (κ2) is 12.0. The van der Waals surface area contributed by atoms with Crippen molar-refractivity contribution >= 4 is 80.8 Å². The van der Waals surface area contributed by atoms with Crippen LogP contribution in [0.5, 0.6) is 11.5 Å². The lowest BCUT2D eigenvalue weighted by molar-refractivity contribution is -0.118. The fraction of sp³-hybridized carbons (Fsp3) is 0.148. The number of nitrogens with one attached hydrogen (secondary N) is 1. The molecule has 37 heavy (non-hydrogen) atoms. The number of amides is 2. The molecule has 0 aromatic heterocycles. The average Bonchev–Trinajstić information content (AvgIpc) is 3.14. The van der Waals surface area contributed by atoms with E-state index in [4.69, 9.17) is 44.9 Å². The predicted molar refractivity (Wildman–Crippen MR) is 155 cm³/mol. The van der Waals surface area contributed by atoms with Gasteiger partial charge >= 0.3 is 0 Å². The fourth-order valence-electron chi connectivity index (χ4n) is 3.58. The van der Waals surface area contributed by atoms with Crippen LogP contribution in [-0.2, 0) is 16.0 Å². The van der Waals surface area contributed by atoms with Crippen LogP contribution >= 0.6 is 47.2 Å². The summed E-state index contributed by atoms with van der Waals surface area (Å²) < 4.78 is 11.6. The standard InChI is InChI=1S/C27H22Cl2N2O4S2/c1-3-16-4-7-21(8-5-16)31-26(33)24(37-27(31)36)11-17-6-9-22(23(10-17)34-2)35-15-25(32)30-20-13-18(28)12-19(29)14-20/h4-14H,3,15H2,1-2H3,(H,30,32)/b24-11-. The van der Waals surface area contributed by atoms with Gasteiger partial charge in [0.05, 0.1) is 17.7 Å². The van der Waals surface area contributed by atoms with Gasteiger partial charge in [-0.1, -0.05) is 72.3 Å². The number of methoxy groups -OCH3 is 1. The zero-order valence-electron chi connectivity index (χ0n) is 19.9. The van der Waals surface area contributed by atoms with Crippen LogP contribution in [0, 0.1) is 0 Å². The molecule has 1 fully saturated rings. The summed E-state index contributed by atoms with van der Waals surface area (Å²) in [5.41, 5.74) is 3.12. The van der Waals surface area contributed by atoms with E-state index in [2.05, 4.69) is 12.2 Å². The second-order valence-electron chi connectivity index (χ2n) is 7.94. The zero-order valence-corrected chi connectivity index (χ0v) is 23.1. The number of thiocarbonyl (C=S) groups is 1. The highest BCUT2D eigenvalue weighted by molar-refractivity contribution is 8.27. The first-order valence-electron chi connectivity index (χ1n) is 11.2. The molecule has 1 N–H and O–H groups in total. The molecule has 1 heterocycles. The molecule has 0 saturated carbocycles. The van der Waals surface area contributed by atoms with Gasteiger partial charge in [0.2, 0.25) is 0 Å². The lowest BCUT2D eigenvalue weighted by Gasteiger charge is -2.14. The van der Waals surface area contributed by atoms with Crippen molar-refractivity contribution in [1.82, 2.24) is 0 Å². The number of carbonyl (C=O) groups is 2. The monoisotopic (exact) mass is 572 g/mol. The fourth-order valence-corrected chi connectivity index (χ4v) is 5.41. The van der Waals surface area contributed by atoms with E-state index >= 15 is 0 Å². The Morgan fingerprint density at radius 3 is 2.41 bits per heavy atom. The van der Waals surface area contributed by atoms with E-state index in [1.165, 1.54) is 29.3 Å². The molecule has 1 aliphatic rings. The largest absolute Gasteiger partial charge is 0.493 e. The molecule has 3 aromatic carbocycles. The molecule has 0 spiro atoms. The smallest absolute Gasteiger partial charge is 0.270 e. The third-order valence-corrected chi connectivity index (χ3v) is 7.13. The summed E-state index contributed by atoms with van der Waals surface area (Å²) in [7, 11) is 1.50. The number of rotatable bonds is 8. The van der Waals surface area contributed by atoms with E-state index < -0.39 is 0 Å². The first-order chi connectivity index (χ1) is 17.8. The zero-order chi connectivity index (χ0) is 26.5. The minimum absolute atomic E-state index is 0.184. The van der Waals surface area contributed by atoms with Gasteiger partial charge in [0.25, 0.3) is 11.8 Å². The van der Waals surface area contributed by atoms with Gasteiger partial charge in [0.15, 0.2) is 22.4 Å². The van der Waals surface area contributed by atoms with Crippen LogP contribution in [0.3, 0.4) is 0 Å². The molecule has 2 amide bonds. The average molecular weight is 574 g/mol. The van der Waals surface area contributed by atoms with Gasteiger partial charge < -0.3 is 14.8 Å². The number of nitrogens with zero attached hydrogens (tertiary/aromatic N) is 1. The van der Waals surface area contributed by atoms with E-state index in [0.717, 1.165) is 17.7 Å². The third kappa shape index (κ3) is 6.64. The number of ether oxygens (including phenoxy) is 2. The first-order valence-corrected chi connectivity index (χ1v) is 13.2. The molecule has 1 saturated heterocycles. The Bertz CT molecular complexity index is 1370. The molecule has 0 bridgehead atoms. The van der Waals surface area contributed by atoms with E-state index in [1.807, 2.05) is 24.3 Å². The number of thioether (sulfide) groups is 1. The van der Waals surface area contributed by atoms with Gasteiger partial charge in [-0.2, -0.15) is 0 Å². The van der Waals surface area contributed by atoms with Gasteiger partial charge in [0.1, 0.15) is 0 Å². The molecule has 190 valence electrons. The van der Waals surface area contributed by atoms with Crippen LogP contribution in [0.25, 0.3) is 6.08 Å². The van der Waals surface area contributed by atoms with Crippen LogP contribution < -0.4 is 19.7 Å². The van der Waals surface area contributed by atoms with Crippen molar-refractivity contribution in [2.24, 2.45) is 0 Å². The molecule has 3 aromatic rings. The summed E-state index contributed by atoms with van der Waals surface area (Å²) in [5.74, 6) is 0.219. The van der Waals surface area contributed by atoms with Crippen molar-refractivity contribution in [3.63, 3.8) is 0 Å². The highest BCUT2D eigenvalue weighted by Gasteiger charge is 2.33. The molecule has 6 nitrogen and oxygen atoms in total. The van der Waals surface area contributed by atoms with Crippen LogP contribution in [-0.4, -0.2) is 29.9 Å². The lowest BCUT2D eigenvalue weighted by atomic mass is 10.1. The van der Waals surface area contributed by atoms with Gasteiger partial charge in [-0.25, -0.2) is 0 Å². The summed E-state index contributed by atoms with van der Waals surface area (Å²) in [5, 5.41) is 3.50. The lowest BCUT2D eigenvalue weighted by Crippen LogP contribution is -2.27. The Labute approximate surface area is 234 Å². The Morgan fingerprint density at radius 2 is 1.76 bits per heavy atom. The molecule has 4 rings (SSSR count). The Morgan fingerprint density at radius 1 is 1.05 bits per heavy atom. The summed E-state index contributed by atoms with van der Waals surface area (Å²) in [6.07, 6.45) is 2.67. The number of anilines is 2. The predicted octanol–water partition coefficient (Wildman–Crippen LogP) is 6.99. The van der Waals surface area contributed by atoms with Crippen molar-refractivity contribution in [3.8, 4) is 11.5 Å². The molecule has 0 aliphatic carbocycles. The number of hydrogen-bond acceptors (Lipinski definition) is 6. The molecule has 0 atom stereocenters. The van der Waals surface area contributed by atoms with Crippen LogP contribution in [0.4, 0.5) is 11.4 Å². The van der Waals surface area contributed by atoms with Gasteiger partial charge in [-0.15, -0.1) is 0 Å². The normalized spacial score (nSPS) is 14.3. The topological polar surface area (TPSA) is 67.9 Å². The molecule has 0 unspecified atom stereocenters. The number of carbonyl (C=O) groups excluding carboxylic acids is 2. The summed E-state index contributed by atoms with van der Waals surface area (Å²) in [6.45, 7) is 1.82. The molecular weight excluding hydrogens is 551 g/mol. The molecule has 0 radical (unpaired) electrons. The maximum absolute atomic E-state index is 13.1. The number of aryl methyl sites for hydroxylation is 1.